The monoisotopic (exact) mass is 226 g/mol. The number of rotatable bonds is 2. The van der Waals surface area contributed by atoms with Crippen molar-refractivity contribution in [3.8, 4) is 0 Å². The van der Waals surface area contributed by atoms with Crippen molar-refractivity contribution in [2.75, 3.05) is 7.05 Å². The van der Waals surface area contributed by atoms with Crippen molar-refractivity contribution in [1.82, 2.24) is 4.57 Å². The Kier molecular flexibility index (Phi) is 3.19. The molecule has 1 aromatic carbocycles. The van der Waals surface area contributed by atoms with Gasteiger partial charge in [-0.25, -0.2) is 0 Å². The van der Waals surface area contributed by atoms with E-state index >= 15 is 0 Å². The molecule has 0 saturated heterocycles. The maximum Gasteiger partial charge on any atom is 0.147 e. The Bertz CT molecular complexity index is 651. The Morgan fingerprint density at radius 2 is 2.00 bits per heavy atom. The lowest BCUT2D eigenvalue weighted by molar-refractivity contribution is -0.104. The van der Waals surface area contributed by atoms with E-state index in [1.807, 2.05) is 41.0 Å². The summed E-state index contributed by atoms with van der Waals surface area (Å²) in [4.78, 5) is 14.9. The van der Waals surface area contributed by atoms with Crippen LogP contribution < -0.4 is 5.49 Å². The fourth-order valence-electron chi connectivity index (χ4n) is 1.77. The Balaban J connectivity index is 2.86. The van der Waals surface area contributed by atoms with Crippen molar-refractivity contribution >= 4 is 23.4 Å². The lowest BCUT2D eigenvalue weighted by Gasteiger charge is -2.07. The highest BCUT2D eigenvalue weighted by atomic mass is 16.1. The minimum absolute atomic E-state index is 0.663. The summed E-state index contributed by atoms with van der Waals surface area (Å²) >= 11 is 0. The normalized spacial score (nSPS) is 13.1. The first kappa shape index (κ1) is 11.3. The molecule has 17 heavy (non-hydrogen) atoms. The molecule has 0 aliphatic carbocycles. The molecule has 0 aliphatic heterocycles. The predicted octanol–water partition coefficient (Wildman–Crippen LogP) is 2.23. The van der Waals surface area contributed by atoms with Crippen LogP contribution in [-0.2, 0) is 4.79 Å². The van der Waals surface area contributed by atoms with E-state index in [0.717, 1.165) is 22.7 Å². The molecule has 3 heteroatoms. The standard InChI is InChI=1S/C14H14N2O/c1-11(10-17)9-16-13-6-4-3-5-12(13)7-8-14(16)15-2/h3-10H,1-2H3/b11-9-,15-14?. The van der Waals surface area contributed by atoms with E-state index < -0.39 is 0 Å². The van der Waals surface area contributed by atoms with Gasteiger partial charge in [0.05, 0.1) is 5.52 Å². The zero-order valence-electron chi connectivity index (χ0n) is 9.92. The van der Waals surface area contributed by atoms with Gasteiger partial charge in [0.2, 0.25) is 0 Å². The van der Waals surface area contributed by atoms with Crippen LogP contribution in [0.2, 0.25) is 0 Å². The van der Waals surface area contributed by atoms with Gasteiger partial charge in [-0.15, -0.1) is 0 Å². The fourth-order valence-corrected chi connectivity index (χ4v) is 1.77. The topological polar surface area (TPSA) is 34.4 Å². The number of aromatic nitrogens is 1. The third kappa shape index (κ3) is 2.18. The lowest BCUT2D eigenvalue weighted by atomic mass is 10.2. The average molecular weight is 226 g/mol. The molecule has 1 aromatic heterocycles. The second-order valence-corrected chi connectivity index (χ2v) is 3.83. The van der Waals surface area contributed by atoms with Crippen LogP contribution in [0.25, 0.3) is 17.1 Å². The number of nitrogens with zero attached hydrogens (tertiary/aromatic N) is 2. The van der Waals surface area contributed by atoms with E-state index in [4.69, 9.17) is 0 Å². The van der Waals surface area contributed by atoms with Crippen LogP contribution >= 0.6 is 0 Å². The highest BCUT2D eigenvalue weighted by molar-refractivity contribution is 5.83. The van der Waals surface area contributed by atoms with Crippen LogP contribution in [-0.4, -0.2) is 17.9 Å². The smallest absolute Gasteiger partial charge is 0.147 e. The predicted molar refractivity (Wildman–Crippen MR) is 69.4 cm³/mol. The summed E-state index contributed by atoms with van der Waals surface area (Å²) < 4.78 is 1.93. The summed E-state index contributed by atoms with van der Waals surface area (Å²) in [5.41, 5.74) is 2.53. The van der Waals surface area contributed by atoms with E-state index in [9.17, 15) is 4.79 Å². The van der Waals surface area contributed by atoms with Gasteiger partial charge in [0, 0.05) is 18.8 Å². The van der Waals surface area contributed by atoms with Crippen LogP contribution in [0.4, 0.5) is 0 Å². The van der Waals surface area contributed by atoms with Crippen LogP contribution in [0.1, 0.15) is 6.92 Å². The SMILES string of the molecule is CN=c1ccc2ccccc2n1/C=C(/C)C=O. The number of pyridine rings is 1. The van der Waals surface area contributed by atoms with E-state index in [0.29, 0.717) is 5.57 Å². The molecule has 3 nitrogen and oxygen atoms in total. The molecule has 0 spiro atoms. The molecule has 0 saturated carbocycles. The summed E-state index contributed by atoms with van der Waals surface area (Å²) in [7, 11) is 1.74. The third-order valence-corrected chi connectivity index (χ3v) is 2.60. The van der Waals surface area contributed by atoms with Gasteiger partial charge < -0.3 is 4.57 Å². The number of fused-ring (bicyclic) bond motifs is 1. The average Bonchev–Trinajstić information content (AvgIpc) is 2.39. The number of allylic oxidation sites excluding steroid dienone is 1. The number of carbonyl (C=O) groups is 1. The number of para-hydroxylation sites is 1. The summed E-state index contributed by atoms with van der Waals surface area (Å²) in [5.74, 6) is 0. The van der Waals surface area contributed by atoms with E-state index in [1.54, 1.807) is 20.2 Å². The van der Waals surface area contributed by atoms with Gasteiger partial charge in [-0.05, 0) is 30.5 Å². The minimum Gasteiger partial charge on any atom is -0.301 e. The number of aldehydes is 1. The van der Waals surface area contributed by atoms with Crippen molar-refractivity contribution in [1.29, 1.82) is 0 Å². The van der Waals surface area contributed by atoms with Crippen LogP contribution in [0.15, 0.2) is 47.0 Å². The molecule has 0 amide bonds. The maximum atomic E-state index is 10.7. The van der Waals surface area contributed by atoms with Gasteiger partial charge in [0.25, 0.3) is 0 Å². The first-order chi connectivity index (χ1) is 8.26. The van der Waals surface area contributed by atoms with Gasteiger partial charge in [-0.3, -0.25) is 9.79 Å². The van der Waals surface area contributed by atoms with Gasteiger partial charge >= 0.3 is 0 Å². The molecule has 2 aromatic rings. The van der Waals surface area contributed by atoms with Crippen molar-refractivity contribution in [3.63, 3.8) is 0 Å². The van der Waals surface area contributed by atoms with Crippen molar-refractivity contribution in [3.05, 3.63) is 47.5 Å². The minimum atomic E-state index is 0.663. The molecule has 0 N–H and O–H groups in total. The molecule has 0 radical (unpaired) electrons. The number of benzene rings is 1. The van der Waals surface area contributed by atoms with Crippen molar-refractivity contribution < 1.29 is 4.79 Å². The number of hydrogen-bond donors (Lipinski definition) is 0. The molecule has 0 bridgehead atoms. The van der Waals surface area contributed by atoms with Crippen LogP contribution in [0.3, 0.4) is 0 Å². The third-order valence-electron chi connectivity index (χ3n) is 2.60. The molecular formula is C14H14N2O. The highest BCUT2D eigenvalue weighted by Crippen LogP contribution is 2.11. The highest BCUT2D eigenvalue weighted by Gasteiger charge is 1.98. The molecule has 0 aliphatic rings. The fraction of sp³-hybridized carbons (Fsp3) is 0.143. The molecule has 0 unspecified atom stereocenters. The summed E-state index contributed by atoms with van der Waals surface area (Å²) in [5, 5.41) is 1.12. The number of carbonyl (C=O) groups excluding carboxylic acids is 1. The van der Waals surface area contributed by atoms with E-state index in [1.165, 1.54) is 0 Å². The van der Waals surface area contributed by atoms with E-state index in [2.05, 4.69) is 4.99 Å². The Morgan fingerprint density at radius 1 is 1.24 bits per heavy atom. The van der Waals surface area contributed by atoms with Crippen LogP contribution in [0, 0.1) is 0 Å². The zero-order chi connectivity index (χ0) is 12.3. The van der Waals surface area contributed by atoms with Crippen molar-refractivity contribution in [2.24, 2.45) is 4.99 Å². The lowest BCUT2D eigenvalue weighted by Crippen LogP contribution is -2.16. The van der Waals surface area contributed by atoms with Crippen molar-refractivity contribution in [2.45, 2.75) is 6.92 Å². The first-order valence-electron chi connectivity index (χ1n) is 5.43. The molecule has 0 fully saturated rings. The van der Waals surface area contributed by atoms with Gasteiger partial charge in [-0.2, -0.15) is 0 Å². The second-order valence-electron chi connectivity index (χ2n) is 3.83. The summed E-state index contributed by atoms with van der Waals surface area (Å²) in [6, 6.07) is 12.0. The largest absolute Gasteiger partial charge is 0.301 e. The zero-order valence-corrected chi connectivity index (χ0v) is 9.92. The first-order valence-corrected chi connectivity index (χ1v) is 5.43. The van der Waals surface area contributed by atoms with Gasteiger partial charge in [0.1, 0.15) is 11.8 Å². The maximum absolute atomic E-state index is 10.7. The Labute approximate surface area is 99.7 Å². The molecular weight excluding hydrogens is 212 g/mol. The van der Waals surface area contributed by atoms with Crippen LogP contribution in [0.5, 0.6) is 0 Å². The second kappa shape index (κ2) is 4.78. The molecule has 0 atom stereocenters. The van der Waals surface area contributed by atoms with Gasteiger partial charge in [-0.1, -0.05) is 18.2 Å². The molecule has 1 heterocycles. The summed E-state index contributed by atoms with van der Waals surface area (Å²) in [6.07, 6.45) is 2.64. The quantitative estimate of drug-likeness (QED) is 0.571. The Morgan fingerprint density at radius 3 is 2.71 bits per heavy atom. The van der Waals surface area contributed by atoms with E-state index in [-0.39, 0.29) is 0 Å². The van der Waals surface area contributed by atoms with Gasteiger partial charge in [0.15, 0.2) is 0 Å². The molecule has 86 valence electrons. The molecule has 2 rings (SSSR count). The summed E-state index contributed by atoms with van der Waals surface area (Å²) in [6.45, 7) is 1.78. The Hall–Kier alpha value is -2.16. The number of hydrogen-bond acceptors (Lipinski definition) is 2.